The third kappa shape index (κ3) is 2.43. The number of hydrogen-bond donors (Lipinski definition) is 1. The van der Waals surface area contributed by atoms with Gasteiger partial charge in [0, 0.05) is 14.8 Å². The van der Waals surface area contributed by atoms with E-state index in [2.05, 4.69) is 0 Å². The lowest BCUT2D eigenvalue weighted by atomic mass is 10.1. The van der Waals surface area contributed by atoms with Crippen molar-refractivity contribution in [3.8, 4) is 0 Å². The molecular formula is C12H10ClFOS. The second-order valence-electron chi connectivity index (χ2n) is 3.55. The minimum absolute atomic E-state index is 0.294. The molecule has 0 aliphatic heterocycles. The second-order valence-corrected chi connectivity index (χ2v) is 5.31. The Bertz CT molecular complexity index is 489. The van der Waals surface area contributed by atoms with Gasteiger partial charge >= 0.3 is 0 Å². The molecule has 0 aliphatic carbocycles. The van der Waals surface area contributed by atoms with Gasteiger partial charge in [-0.05, 0) is 42.8 Å². The summed E-state index contributed by atoms with van der Waals surface area (Å²) in [7, 11) is 0. The Labute approximate surface area is 102 Å². The van der Waals surface area contributed by atoms with Crippen LogP contribution in [0.5, 0.6) is 0 Å². The maximum Gasteiger partial charge on any atom is 0.125 e. The number of hydrogen-bond acceptors (Lipinski definition) is 2. The second kappa shape index (κ2) is 4.53. The molecule has 1 N–H and O–H groups in total. The summed E-state index contributed by atoms with van der Waals surface area (Å²) in [6, 6.07) is 7.85. The van der Waals surface area contributed by atoms with Crippen molar-refractivity contribution in [3.05, 3.63) is 56.5 Å². The third-order valence-electron chi connectivity index (χ3n) is 2.23. The SMILES string of the molecule is Cc1ccc([C@H](O)c2cc(F)cc(Cl)c2)s1. The molecule has 1 aromatic carbocycles. The highest BCUT2D eigenvalue weighted by Crippen LogP contribution is 2.29. The molecule has 1 heterocycles. The third-order valence-corrected chi connectivity index (χ3v) is 3.50. The maximum absolute atomic E-state index is 13.1. The molecule has 84 valence electrons. The molecule has 1 nitrogen and oxygen atoms in total. The monoisotopic (exact) mass is 256 g/mol. The smallest absolute Gasteiger partial charge is 0.125 e. The molecule has 0 saturated carbocycles. The van der Waals surface area contributed by atoms with E-state index in [0.29, 0.717) is 10.6 Å². The van der Waals surface area contributed by atoms with Crippen molar-refractivity contribution < 1.29 is 9.50 Å². The average Bonchev–Trinajstić information content (AvgIpc) is 2.62. The molecule has 0 fully saturated rings. The highest BCUT2D eigenvalue weighted by atomic mass is 35.5. The van der Waals surface area contributed by atoms with E-state index >= 15 is 0 Å². The first kappa shape index (κ1) is 11.6. The predicted octanol–water partition coefficient (Wildman–Crippen LogP) is 3.93. The van der Waals surface area contributed by atoms with E-state index in [1.54, 1.807) is 6.07 Å². The number of rotatable bonds is 2. The fraction of sp³-hybridized carbons (Fsp3) is 0.167. The molecular weight excluding hydrogens is 247 g/mol. The van der Waals surface area contributed by atoms with Crippen LogP contribution in [-0.2, 0) is 0 Å². The van der Waals surface area contributed by atoms with E-state index in [4.69, 9.17) is 11.6 Å². The van der Waals surface area contributed by atoms with E-state index < -0.39 is 11.9 Å². The van der Waals surface area contributed by atoms with Gasteiger partial charge in [0.2, 0.25) is 0 Å². The van der Waals surface area contributed by atoms with Gasteiger partial charge in [0.1, 0.15) is 11.9 Å². The number of benzene rings is 1. The molecule has 2 rings (SSSR count). The van der Waals surface area contributed by atoms with Crippen LogP contribution >= 0.6 is 22.9 Å². The van der Waals surface area contributed by atoms with Gasteiger partial charge in [-0.2, -0.15) is 0 Å². The van der Waals surface area contributed by atoms with Crippen LogP contribution in [0.3, 0.4) is 0 Å². The normalized spacial score (nSPS) is 12.8. The summed E-state index contributed by atoms with van der Waals surface area (Å²) in [6.07, 6.45) is -0.813. The largest absolute Gasteiger partial charge is 0.383 e. The molecule has 1 atom stereocenters. The molecule has 0 spiro atoms. The van der Waals surface area contributed by atoms with Crippen molar-refractivity contribution in [2.75, 3.05) is 0 Å². The highest BCUT2D eigenvalue weighted by molar-refractivity contribution is 7.12. The molecule has 4 heteroatoms. The first-order valence-electron chi connectivity index (χ1n) is 4.76. The van der Waals surface area contributed by atoms with E-state index in [1.807, 2.05) is 19.1 Å². The summed E-state index contributed by atoms with van der Waals surface area (Å²) in [4.78, 5) is 1.90. The summed E-state index contributed by atoms with van der Waals surface area (Å²) >= 11 is 7.23. The summed E-state index contributed by atoms with van der Waals surface area (Å²) in [5.41, 5.74) is 0.479. The Kier molecular flexibility index (Phi) is 3.28. The zero-order valence-electron chi connectivity index (χ0n) is 8.58. The Morgan fingerprint density at radius 3 is 2.62 bits per heavy atom. The van der Waals surface area contributed by atoms with Crippen molar-refractivity contribution in [1.29, 1.82) is 0 Å². The zero-order valence-corrected chi connectivity index (χ0v) is 10.1. The van der Waals surface area contributed by atoms with Gasteiger partial charge in [-0.25, -0.2) is 4.39 Å². The first-order chi connectivity index (χ1) is 7.56. The van der Waals surface area contributed by atoms with Crippen LogP contribution in [0, 0.1) is 12.7 Å². The number of aliphatic hydroxyl groups excluding tert-OH is 1. The number of aryl methyl sites for hydroxylation is 1. The van der Waals surface area contributed by atoms with Crippen molar-refractivity contribution in [1.82, 2.24) is 0 Å². The minimum Gasteiger partial charge on any atom is -0.383 e. The van der Waals surface area contributed by atoms with Crippen LogP contribution in [0.15, 0.2) is 30.3 Å². The molecule has 1 aromatic heterocycles. The first-order valence-corrected chi connectivity index (χ1v) is 5.96. The summed E-state index contributed by atoms with van der Waals surface area (Å²) in [6.45, 7) is 1.96. The number of aliphatic hydroxyl groups is 1. The quantitative estimate of drug-likeness (QED) is 0.863. The topological polar surface area (TPSA) is 20.2 Å². The Morgan fingerprint density at radius 2 is 2.06 bits per heavy atom. The lowest BCUT2D eigenvalue weighted by molar-refractivity contribution is 0.223. The van der Waals surface area contributed by atoms with Crippen molar-refractivity contribution in [2.24, 2.45) is 0 Å². The molecule has 0 bridgehead atoms. The van der Waals surface area contributed by atoms with Crippen LogP contribution in [0.4, 0.5) is 4.39 Å². The average molecular weight is 257 g/mol. The zero-order chi connectivity index (χ0) is 11.7. The van der Waals surface area contributed by atoms with Gasteiger partial charge in [0.25, 0.3) is 0 Å². The molecule has 0 amide bonds. The van der Waals surface area contributed by atoms with E-state index in [1.165, 1.54) is 23.5 Å². The van der Waals surface area contributed by atoms with Crippen molar-refractivity contribution in [2.45, 2.75) is 13.0 Å². The van der Waals surface area contributed by atoms with E-state index in [0.717, 1.165) is 9.75 Å². The van der Waals surface area contributed by atoms with Gasteiger partial charge < -0.3 is 5.11 Å². The van der Waals surface area contributed by atoms with Crippen LogP contribution < -0.4 is 0 Å². The molecule has 0 aliphatic rings. The highest BCUT2D eigenvalue weighted by Gasteiger charge is 2.13. The molecule has 2 aromatic rings. The van der Waals surface area contributed by atoms with Crippen molar-refractivity contribution >= 4 is 22.9 Å². The number of thiophene rings is 1. The Balaban J connectivity index is 2.37. The van der Waals surface area contributed by atoms with Crippen LogP contribution in [0.25, 0.3) is 0 Å². The van der Waals surface area contributed by atoms with E-state index in [9.17, 15) is 9.50 Å². The fourth-order valence-corrected chi connectivity index (χ4v) is 2.62. The molecule has 0 unspecified atom stereocenters. The van der Waals surface area contributed by atoms with Gasteiger partial charge in [-0.15, -0.1) is 11.3 Å². The molecule has 0 saturated heterocycles. The molecule has 0 radical (unpaired) electrons. The Morgan fingerprint density at radius 1 is 1.31 bits per heavy atom. The fourth-order valence-electron chi connectivity index (χ4n) is 1.50. The van der Waals surface area contributed by atoms with Gasteiger partial charge in [0.15, 0.2) is 0 Å². The van der Waals surface area contributed by atoms with Crippen LogP contribution in [0.2, 0.25) is 5.02 Å². The van der Waals surface area contributed by atoms with E-state index in [-0.39, 0.29) is 0 Å². The lowest BCUT2D eigenvalue weighted by Crippen LogP contribution is -1.97. The lowest BCUT2D eigenvalue weighted by Gasteiger charge is -2.09. The van der Waals surface area contributed by atoms with Gasteiger partial charge in [-0.1, -0.05) is 11.6 Å². The maximum atomic E-state index is 13.1. The summed E-state index contributed by atoms with van der Waals surface area (Å²) < 4.78 is 13.1. The van der Waals surface area contributed by atoms with Gasteiger partial charge in [0.05, 0.1) is 0 Å². The minimum atomic E-state index is -0.813. The number of halogens is 2. The molecule has 16 heavy (non-hydrogen) atoms. The van der Waals surface area contributed by atoms with Gasteiger partial charge in [-0.3, -0.25) is 0 Å². The summed E-state index contributed by atoms with van der Waals surface area (Å²) in [5, 5.41) is 10.3. The van der Waals surface area contributed by atoms with Crippen LogP contribution in [0.1, 0.15) is 21.4 Å². The Hall–Kier alpha value is -0.900. The standard InChI is InChI=1S/C12H10ClFOS/c1-7-2-3-11(16-7)12(15)8-4-9(13)6-10(14)5-8/h2-6,12,15H,1H3/t12-/m1/s1. The van der Waals surface area contributed by atoms with Crippen molar-refractivity contribution in [3.63, 3.8) is 0 Å². The summed E-state index contributed by atoms with van der Waals surface area (Å²) in [5.74, 6) is -0.435. The predicted molar refractivity (Wildman–Crippen MR) is 64.5 cm³/mol. The van der Waals surface area contributed by atoms with Crippen LogP contribution in [-0.4, -0.2) is 5.11 Å².